The van der Waals surface area contributed by atoms with E-state index < -0.39 is 42.3 Å². The van der Waals surface area contributed by atoms with Gasteiger partial charge in [0.25, 0.3) is 0 Å². The third kappa shape index (κ3) is 13.8. The SMILES string of the molecule is CCCCCCC[Si](C)(C)O[Si](C)(C)O[Si](C)(C)O[Si](C)(C)O[Si](C)(C)Cc1ccc(-c2ccc(C#N)cc2)cc1. The van der Waals surface area contributed by atoms with Crippen LogP contribution in [0.2, 0.25) is 71.5 Å². The number of unbranched alkanes of at least 4 members (excludes halogenated alkanes) is 4. The molecule has 0 saturated carbocycles. The predicted octanol–water partition coefficient (Wildman–Crippen LogP) is 9.86. The molecule has 0 bridgehead atoms. The number of nitriles is 1. The van der Waals surface area contributed by atoms with Crippen LogP contribution in [0, 0.1) is 11.3 Å². The zero-order valence-electron chi connectivity index (χ0n) is 27.6. The van der Waals surface area contributed by atoms with Crippen LogP contribution < -0.4 is 0 Å². The summed E-state index contributed by atoms with van der Waals surface area (Å²) in [5.41, 5.74) is 4.22. The fourth-order valence-electron chi connectivity index (χ4n) is 5.86. The molecule has 0 N–H and O–H groups in total. The first-order valence-corrected chi connectivity index (χ1v) is 29.9. The quantitative estimate of drug-likeness (QED) is 0.127. The lowest BCUT2D eigenvalue weighted by Gasteiger charge is -2.42. The summed E-state index contributed by atoms with van der Waals surface area (Å²) in [5.74, 6) is 0. The predicted molar refractivity (Wildman–Crippen MR) is 186 cm³/mol. The van der Waals surface area contributed by atoms with Crippen LogP contribution in [-0.4, -0.2) is 42.3 Å². The zero-order chi connectivity index (χ0) is 31.0. The van der Waals surface area contributed by atoms with Gasteiger partial charge in [0.15, 0.2) is 16.6 Å². The Kier molecular flexibility index (Phi) is 13.2. The van der Waals surface area contributed by atoms with Crippen molar-refractivity contribution >= 4 is 42.3 Å². The highest BCUT2D eigenvalue weighted by Gasteiger charge is 2.45. The van der Waals surface area contributed by atoms with Gasteiger partial charge in [0.1, 0.15) is 0 Å². The highest BCUT2D eigenvalue weighted by molar-refractivity contribution is 6.90. The van der Waals surface area contributed by atoms with E-state index in [1.165, 1.54) is 43.7 Å². The maximum Gasteiger partial charge on any atom is 0.314 e. The third-order valence-corrected chi connectivity index (χ3v) is 25.9. The lowest BCUT2D eigenvalue weighted by atomic mass is 10.0. The molecule has 0 unspecified atom stereocenters. The molecule has 0 aromatic heterocycles. The fraction of sp³-hybridized carbons (Fsp3) is 0.581. The molecule has 5 nitrogen and oxygen atoms in total. The van der Waals surface area contributed by atoms with E-state index in [1.807, 2.05) is 24.3 Å². The van der Waals surface area contributed by atoms with Crippen molar-refractivity contribution in [3.63, 3.8) is 0 Å². The third-order valence-electron chi connectivity index (χ3n) is 6.84. The van der Waals surface area contributed by atoms with Crippen LogP contribution in [0.3, 0.4) is 0 Å². The highest BCUT2D eigenvalue weighted by Crippen LogP contribution is 2.29. The highest BCUT2D eigenvalue weighted by atomic mass is 28.5. The van der Waals surface area contributed by atoms with Crippen molar-refractivity contribution in [2.75, 3.05) is 0 Å². The van der Waals surface area contributed by atoms with Crippen molar-refractivity contribution in [2.24, 2.45) is 0 Å². The van der Waals surface area contributed by atoms with Gasteiger partial charge in [-0.25, -0.2) is 0 Å². The van der Waals surface area contributed by atoms with Gasteiger partial charge in [-0.1, -0.05) is 75.4 Å². The summed E-state index contributed by atoms with van der Waals surface area (Å²) < 4.78 is 27.2. The number of benzene rings is 2. The van der Waals surface area contributed by atoms with Gasteiger partial charge in [0.2, 0.25) is 0 Å². The maximum absolute atomic E-state index is 9.05. The minimum absolute atomic E-state index is 0.679. The van der Waals surface area contributed by atoms with Crippen LogP contribution in [0.4, 0.5) is 0 Å². The standard InChI is InChI=1S/C31H55NO4Si5/c1-12-13-14-15-16-25-37(2,3)33-39(6,7)35-41(10,11)36-40(8,9)34-38(4,5)27-29-19-23-31(24-20-29)30-21-17-28(26-32)18-22-30/h17-24H,12-16,25,27H2,1-11H3. The van der Waals surface area contributed by atoms with Crippen LogP contribution in [-0.2, 0) is 22.5 Å². The minimum atomic E-state index is -2.47. The van der Waals surface area contributed by atoms with Gasteiger partial charge < -0.3 is 16.5 Å². The maximum atomic E-state index is 9.05. The van der Waals surface area contributed by atoms with Crippen LogP contribution in [0.1, 0.15) is 50.2 Å². The molecule has 0 heterocycles. The molecule has 0 aliphatic carbocycles. The van der Waals surface area contributed by atoms with E-state index in [2.05, 4.69) is 103 Å². The Morgan fingerprint density at radius 3 is 1.49 bits per heavy atom. The molecule has 2 aromatic rings. The van der Waals surface area contributed by atoms with Gasteiger partial charge >= 0.3 is 25.7 Å². The molecule has 0 atom stereocenters. The van der Waals surface area contributed by atoms with Crippen molar-refractivity contribution in [3.8, 4) is 17.2 Å². The largest absolute Gasteiger partial charge is 0.436 e. The number of hydrogen-bond acceptors (Lipinski definition) is 5. The van der Waals surface area contributed by atoms with Gasteiger partial charge in [-0.3, -0.25) is 0 Å². The van der Waals surface area contributed by atoms with E-state index in [1.54, 1.807) is 0 Å². The molecule has 0 radical (unpaired) electrons. The molecular formula is C31H55NO4Si5. The molecule has 0 saturated heterocycles. The van der Waals surface area contributed by atoms with Gasteiger partial charge in [-0.2, -0.15) is 5.26 Å². The molecule has 2 aromatic carbocycles. The molecular weight excluding hydrogens is 591 g/mol. The average molecular weight is 646 g/mol. The summed E-state index contributed by atoms with van der Waals surface area (Å²) in [5, 5.41) is 9.05. The van der Waals surface area contributed by atoms with Gasteiger partial charge in [0.05, 0.1) is 11.6 Å². The molecule has 0 amide bonds. The summed E-state index contributed by atoms with van der Waals surface area (Å²) in [7, 11) is -11.1. The van der Waals surface area contributed by atoms with E-state index in [4.69, 9.17) is 21.7 Å². The molecule has 0 aliphatic heterocycles. The lowest BCUT2D eigenvalue weighted by molar-refractivity contribution is 0.298. The van der Waals surface area contributed by atoms with Crippen molar-refractivity contribution in [3.05, 3.63) is 59.7 Å². The topological polar surface area (TPSA) is 60.7 Å². The molecule has 41 heavy (non-hydrogen) atoms. The van der Waals surface area contributed by atoms with Crippen molar-refractivity contribution in [2.45, 2.75) is 117 Å². The number of hydrogen-bond donors (Lipinski definition) is 0. The van der Waals surface area contributed by atoms with E-state index >= 15 is 0 Å². The molecule has 228 valence electrons. The normalized spacial score (nSPS) is 13.3. The van der Waals surface area contributed by atoms with Crippen LogP contribution >= 0.6 is 0 Å². The lowest BCUT2D eigenvalue weighted by Crippen LogP contribution is -2.58. The molecule has 0 aliphatic rings. The second-order valence-corrected chi connectivity index (χ2v) is 33.4. The monoisotopic (exact) mass is 645 g/mol. The van der Waals surface area contributed by atoms with E-state index in [0.717, 1.165) is 17.2 Å². The molecule has 2 rings (SSSR count). The van der Waals surface area contributed by atoms with Gasteiger partial charge in [0, 0.05) is 0 Å². The molecule has 0 spiro atoms. The zero-order valence-corrected chi connectivity index (χ0v) is 32.6. The second-order valence-electron chi connectivity index (χ2n) is 13.9. The summed E-state index contributed by atoms with van der Waals surface area (Å²) in [6.45, 7) is 24.5. The summed E-state index contributed by atoms with van der Waals surface area (Å²) in [6.07, 6.45) is 6.50. The van der Waals surface area contributed by atoms with Crippen LogP contribution in [0.25, 0.3) is 11.1 Å². The number of nitrogens with zero attached hydrogens (tertiary/aromatic N) is 1. The summed E-state index contributed by atoms with van der Waals surface area (Å²) in [4.78, 5) is 0. The minimum Gasteiger partial charge on any atom is -0.436 e. The Bertz CT molecular complexity index is 1130. The van der Waals surface area contributed by atoms with Gasteiger partial charge in [-0.15, -0.1) is 0 Å². The van der Waals surface area contributed by atoms with Crippen LogP contribution in [0.15, 0.2) is 48.5 Å². The second kappa shape index (κ2) is 15.0. The molecule has 10 heteroatoms. The fourth-order valence-corrected chi connectivity index (χ4v) is 30.6. The Balaban J connectivity index is 1.95. The Morgan fingerprint density at radius 1 is 0.561 bits per heavy atom. The smallest absolute Gasteiger partial charge is 0.314 e. The van der Waals surface area contributed by atoms with E-state index in [9.17, 15) is 0 Å². The summed E-state index contributed by atoms with van der Waals surface area (Å²) in [6, 6.07) is 20.7. The van der Waals surface area contributed by atoms with Crippen LogP contribution in [0.5, 0.6) is 0 Å². The average Bonchev–Trinajstić information content (AvgIpc) is 2.81. The molecule has 0 fully saturated rings. The Labute approximate surface area is 256 Å². The first-order chi connectivity index (χ1) is 18.9. The number of rotatable bonds is 17. The first kappa shape index (κ1) is 36.0. The van der Waals surface area contributed by atoms with Crippen molar-refractivity contribution in [1.82, 2.24) is 0 Å². The first-order valence-electron chi connectivity index (χ1n) is 15.3. The van der Waals surface area contributed by atoms with Gasteiger partial charge in [-0.05, 0) is 106 Å². The summed E-state index contributed by atoms with van der Waals surface area (Å²) >= 11 is 0. The van der Waals surface area contributed by atoms with E-state index in [-0.39, 0.29) is 0 Å². The Morgan fingerprint density at radius 2 is 1.00 bits per heavy atom. The van der Waals surface area contributed by atoms with Crippen molar-refractivity contribution < 1.29 is 16.5 Å². The Hall–Kier alpha value is -1.15. The van der Waals surface area contributed by atoms with E-state index in [0.29, 0.717) is 5.56 Å². The van der Waals surface area contributed by atoms with Crippen molar-refractivity contribution in [1.29, 1.82) is 5.26 Å².